The van der Waals surface area contributed by atoms with Crippen molar-refractivity contribution in [3.8, 4) is 11.8 Å². The third kappa shape index (κ3) is 5.63. The summed E-state index contributed by atoms with van der Waals surface area (Å²) >= 11 is 1.57. The third-order valence-corrected chi connectivity index (χ3v) is 4.53. The highest BCUT2D eigenvalue weighted by Crippen LogP contribution is 2.13. The molecule has 0 bridgehead atoms. The lowest BCUT2D eigenvalue weighted by atomic mass is 10.1. The van der Waals surface area contributed by atoms with Gasteiger partial charge in [-0.2, -0.15) is 0 Å². The van der Waals surface area contributed by atoms with E-state index in [9.17, 15) is 14.0 Å². The van der Waals surface area contributed by atoms with Gasteiger partial charge in [-0.3, -0.25) is 9.59 Å². The second kappa shape index (κ2) is 8.93. The second-order valence-corrected chi connectivity index (χ2v) is 6.73. The average molecular weight is 377 g/mol. The van der Waals surface area contributed by atoms with Crippen LogP contribution in [0.2, 0.25) is 0 Å². The predicted molar refractivity (Wildman–Crippen MR) is 105 cm³/mol. The van der Waals surface area contributed by atoms with Gasteiger partial charge in [0.25, 0.3) is 0 Å². The first-order valence-corrected chi connectivity index (χ1v) is 9.22. The molecule has 0 saturated carbocycles. The number of halogens is 1. The van der Waals surface area contributed by atoms with E-state index in [0.717, 1.165) is 10.4 Å². The van der Waals surface area contributed by atoms with Crippen LogP contribution < -0.4 is 5.32 Å². The summed E-state index contributed by atoms with van der Waals surface area (Å²) in [5, 5.41) is 4.74. The molecule has 1 aromatic heterocycles. The molecule has 0 atom stereocenters. The van der Waals surface area contributed by atoms with E-state index < -0.39 is 5.82 Å². The number of rotatable bonds is 5. The summed E-state index contributed by atoms with van der Waals surface area (Å²) in [6.07, 6.45) is 0.122. The van der Waals surface area contributed by atoms with Crippen molar-refractivity contribution in [3.05, 3.63) is 87.9 Å². The molecule has 0 aliphatic heterocycles. The quantitative estimate of drug-likeness (QED) is 0.508. The van der Waals surface area contributed by atoms with Gasteiger partial charge in [-0.1, -0.05) is 24.0 Å². The van der Waals surface area contributed by atoms with Crippen LogP contribution in [0.5, 0.6) is 0 Å². The zero-order chi connectivity index (χ0) is 19.1. The van der Waals surface area contributed by atoms with Crippen LogP contribution in [0, 0.1) is 17.7 Å². The summed E-state index contributed by atoms with van der Waals surface area (Å²) in [6.45, 7) is 0. The number of nitrogens with one attached hydrogen (secondary N) is 1. The number of amides is 1. The van der Waals surface area contributed by atoms with E-state index in [0.29, 0.717) is 11.3 Å². The fourth-order valence-electron chi connectivity index (χ4n) is 2.39. The van der Waals surface area contributed by atoms with Crippen molar-refractivity contribution in [2.75, 3.05) is 5.32 Å². The van der Waals surface area contributed by atoms with Crippen molar-refractivity contribution < 1.29 is 14.0 Å². The number of hydrogen-bond donors (Lipinski definition) is 1. The molecule has 0 radical (unpaired) electrons. The van der Waals surface area contributed by atoms with Gasteiger partial charge in [-0.25, -0.2) is 4.39 Å². The lowest BCUT2D eigenvalue weighted by molar-refractivity contribution is -0.116. The topological polar surface area (TPSA) is 46.2 Å². The van der Waals surface area contributed by atoms with Gasteiger partial charge in [0.05, 0.1) is 4.88 Å². The summed E-state index contributed by atoms with van der Waals surface area (Å²) in [5.41, 5.74) is 1.82. The number of hydrogen-bond acceptors (Lipinski definition) is 3. The molecule has 3 rings (SSSR count). The van der Waals surface area contributed by atoms with Gasteiger partial charge in [0.2, 0.25) is 5.91 Å². The molecule has 3 nitrogen and oxygen atoms in total. The van der Waals surface area contributed by atoms with E-state index >= 15 is 0 Å². The Labute approximate surface area is 160 Å². The SMILES string of the molecule is O=C(CCC(=O)c1ccc(F)cc1)Nc1cccc(C#Cc2cccs2)c1. The maximum absolute atomic E-state index is 12.9. The molecule has 27 heavy (non-hydrogen) atoms. The maximum Gasteiger partial charge on any atom is 0.224 e. The number of Topliss-reactive ketones (excluding diaryl/α,β-unsaturated/α-hetero) is 1. The second-order valence-electron chi connectivity index (χ2n) is 5.79. The van der Waals surface area contributed by atoms with Crippen LogP contribution in [0.15, 0.2) is 66.0 Å². The van der Waals surface area contributed by atoms with Gasteiger partial charge in [-0.05, 0) is 53.9 Å². The number of ketones is 1. The van der Waals surface area contributed by atoms with Crippen LogP contribution in [-0.4, -0.2) is 11.7 Å². The standard InChI is InChI=1S/C22H16FNO2S/c23-18-9-7-17(8-10-18)21(25)12-13-22(26)24-19-4-1-3-16(15-19)6-11-20-5-2-14-27-20/h1-5,7-10,14-15H,12-13H2,(H,24,26). The Bertz CT molecular complexity index is 999. The number of thiophene rings is 1. The lowest BCUT2D eigenvalue weighted by Gasteiger charge is -2.05. The Morgan fingerprint density at radius 1 is 0.963 bits per heavy atom. The molecule has 0 aliphatic carbocycles. The molecule has 5 heteroatoms. The van der Waals surface area contributed by atoms with Crippen molar-refractivity contribution in [2.24, 2.45) is 0 Å². The minimum atomic E-state index is -0.397. The maximum atomic E-state index is 12.9. The summed E-state index contributed by atoms with van der Waals surface area (Å²) in [6, 6.07) is 16.4. The molecule has 0 spiro atoms. The van der Waals surface area contributed by atoms with Crippen molar-refractivity contribution in [3.63, 3.8) is 0 Å². The highest BCUT2D eigenvalue weighted by molar-refractivity contribution is 7.10. The Kier molecular flexibility index (Phi) is 6.14. The summed E-state index contributed by atoms with van der Waals surface area (Å²) in [7, 11) is 0. The van der Waals surface area contributed by atoms with Crippen molar-refractivity contribution >= 4 is 28.7 Å². The molecular weight excluding hydrogens is 361 g/mol. The Hall–Kier alpha value is -3.23. The normalized spacial score (nSPS) is 9.96. The first-order chi connectivity index (χ1) is 13.1. The smallest absolute Gasteiger partial charge is 0.224 e. The molecule has 1 amide bonds. The number of anilines is 1. The Morgan fingerprint density at radius 2 is 1.78 bits per heavy atom. The van der Waals surface area contributed by atoms with Gasteiger partial charge in [-0.15, -0.1) is 11.3 Å². The highest BCUT2D eigenvalue weighted by atomic mass is 32.1. The molecule has 1 N–H and O–H groups in total. The minimum absolute atomic E-state index is 0.0569. The third-order valence-electron chi connectivity index (χ3n) is 3.74. The largest absolute Gasteiger partial charge is 0.326 e. The van der Waals surface area contributed by atoms with E-state index in [1.807, 2.05) is 29.6 Å². The van der Waals surface area contributed by atoms with Crippen LogP contribution in [0.25, 0.3) is 0 Å². The molecule has 0 saturated heterocycles. The van der Waals surface area contributed by atoms with Crippen LogP contribution in [-0.2, 0) is 4.79 Å². The monoisotopic (exact) mass is 377 g/mol. The molecule has 1 heterocycles. The van der Waals surface area contributed by atoms with Crippen molar-refractivity contribution in [1.29, 1.82) is 0 Å². The number of carbonyl (C=O) groups excluding carboxylic acids is 2. The molecule has 2 aromatic carbocycles. The van der Waals surface area contributed by atoms with Gasteiger partial charge in [0.15, 0.2) is 5.78 Å². The van der Waals surface area contributed by atoms with Crippen LogP contribution >= 0.6 is 11.3 Å². The predicted octanol–water partition coefficient (Wildman–Crippen LogP) is 4.89. The molecule has 0 unspecified atom stereocenters. The minimum Gasteiger partial charge on any atom is -0.326 e. The van der Waals surface area contributed by atoms with Gasteiger partial charge < -0.3 is 5.32 Å². The van der Waals surface area contributed by atoms with Crippen LogP contribution in [0.4, 0.5) is 10.1 Å². The van der Waals surface area contributed by atoms with E-state index in [4.69, 9.17) is 0 Å². The molecular formula is C22H16FNO2S. The van der Waals surface area contributed by atoms with Gasteiger partial charge >= 0.3 is 0 Å². The van der Waals surface area contributed by atoms with Gasteiger partial charge in [0, 0.05) is 29.7 Å². The molecule has 0 fully saturated rings. The average Bonchev–Trinajstić information content (AvgIpc) is 3.19. The first-order valence-electron chi connectivity index (χ1n) is 8.34. The molecule has 3 aromatic rings. The summed E-state index contributed by atoms with van der Waals surface area (Å²) < 4.78 is 12.9. The number of benzene rings is 2. The zero-order valence-corrected chi connectivity index (χ0v) is 15.2. The summed E-state index contributed by atoms with van der Waals surface area (Å²) in [4.78, 5) is 25.1. The van der Waals surface area contributed by atoms with Crippen LogP contribution in [0.3, 0.4) is 0 Å². The summed E-state index contributed by atoms with van der Waals surface area (Å²) in [5.74, 6) is 5.28. The van der Waals surface area contributed by atoms with E-state index in [2.05, 4.69) is 17.2 Å². The molecule has 134 valence electrons. The van der Waals surface area contributed by atoms with E-state index in [-0.39, 0.29) is 24.5 Å². The number of carbonyl (C=O) groups is 2. The lowest BCUT2D eigenvalue weighted by Crippen LogP contribution is -2.13. The van der Waals surface area contributed by atoms with Crippen LogP contribution in [0.1, 0.15) is 33.6 Å². The van der Waals surface area contributed by atoms with Crippen molar-refractivity contribution in [1.82, 2.24) is 0 Å². The Balaban J connectivity index is 1.55. The fraction of sp³-hybridized carbons (Fsp3) is 0.0909. The molecule has 0 aliphatic rings. The zero-order valence-electron chi connectivity index (χ0n) is 14.4. The van der Waals surface area contributed by atoms with E-state index in [1.54, 1.807) is 23.5 Å². The van der Waals surface area contributed by atoms with E-state index in [1.165, 1.54) is 24.3 Å². The fourth-order valence-corrected chi connectivity index (χ4v) is 2.96. The van der Waals surface area contributed by atoms with Gasteiger partial charge in [0.1, 0.15) is 5.82 Å². The Morgan fingerprint density at radius 3 is 2.52 bits per heavy atom. The highest BCUT2D eigenvalue weighted by Gasteiger charge is 2.10. The van der Waals surface area contributed by atoms with Crippen molar-refractivity contribution in [2.45, 2.75) is 12.8 Å². The first kappa shape index (κ1) is 18.6.